The number of piperidine rings is 1. The van der Waals surface area contributed by atoms with Crippen LogP contribution in [-0.2, 0) is 0 Å². The predicted molar refractivity (Wildman–Crippen MR) is 56.0 cm³/mol. The van der Waals surface area contributed by atoms with Crippen molar-refractivity contribution in [2.75, 3.05) is 13.1 Å². The molecule has 1 heterocycles. The molecular weight excluding hydrogens is 179 g/mol. The van der Waals surface area contributed by atoms with E-state index < -0.39 is 0 Å². The molecule has 1 aliphatic heterocycles. The van der Waals surface area contributed by atoms with Gasteiger partial charge in [0, 0.05) is 13.1 Å². The van der Waals surface area contributed by atoms with Gasteiger partial charge in [-0.3, -0.25) is 5.84 Å². The minimum Gasteiger partial charge on any atom is -0.269 e. The van der Waals surface area contributed by atoms with Crippen LogP contribution in [0.25, 0.3) is 0 Å². The molecule has 78 valence electrons. The highest BCUT2D eigenvalue weighted by Gasteiger charge is 2.02. The highest BCUT2D eigenvalue weighted by atomic mass is 19.1. The summed E-state index contributed by atoms with van der Waals surface area (Å²) in [5.74, 6) is 5.29. The second-order valence-electron chi connectivity index (χ2n) is 3.39. The summed E-state index contributed by atoms with van der Waals surface area (Å²) in [6, 6.07) is 7.94. The quantitative estimate of drug-likeness (QED) is 0.644. The fraction of sp³-hybridized carbons (Fsp3) is 0.455. The molecule has 1 saturated heterocycles. The van der Waals surface area contributed by atoms with Gasteiger partial charge in [-0.05, 0) is 25.0 Å². The van der Waals surface area contributed by atoms with Crippen LogP contribution in [0.5, 0.6) is 0 Å². The number of rotatable bonds is 0. The van der Waals surface area contributed by atoms with Gasteiger partial charge in [-0.25, -0.2) is 9.40 Å². The van der Waals surface area contributed by atoms with E-state index in [1.54, 1.807) is 18.2 Å². The zero-order valence-electron chi connectivity index (χ0n) is 8.32. The van der Waals surface area contributed by atoms with E-state index in [0.29, 0.717) is 0 Å². The molecule has 0 radical (unpaired) electrons. The van der Waals surface area contributed by atoms with Crippen LogP contribution in [0.1, 0.15) is 19.3 Å². The summed E-state index contributed by atoms with van der Waals surface area (Å²) in [7, 11) is 0. The smallest absolute Gasteiger partial charge is 0.123 e. The molecule has 2 rings (SSSR count). The molecule has 0 atom stereocenters. The summed E-state index contributed by atoms with van der Waals surface area (Å²) >= 11 is 0. The average molecular weight is 196 g/mol. The second kappa shape index (κ2) is 6.51. The maximum atomic E-state index is 11.9. The number of hydrazine groups is 1. The number of benzene rings is 1. The molecule has 2 nitrogen and oxygen atoms in total. The molecule has 1 aromatic carbocycles. The number of nitrogens with two attached hydrogens (primary N) is 1. The Morgan fingerprint density at radius 1 is 1.00 bits per heavy atom. The van der Waals surface area contributed by atoms with E-state index in [2.05, 4.69) is 0 Å². The first-order chi connectivity index (χ1) is 6.79. The summed E-state index contributed by atoms with van der Waals surface area (Å²) < 4.78 is 11.9. The van der Waals surface area contributed by atoms with Crippen molar-refractivity contribution in [1.82, 2.24) is 5.01 Å². The first-order valence-corrected chi connectivity index (χ1v) is 4.99. The molecule has 0 aliphatic carbocycles. The standard InChI is InChI=1S/C6H5F.C5H12N2/c7-6-4-2-1-3-5-6;6-7-4-2-1-3-5-7/h1-5H;1-6H2. The molecular formula is C11H17FN2. The predicted octanol–water partition coefficient (Wildman–Crippen LogP) is 2.17. The van der Waals surface area contributed by atoms with E-state index in [0.717, 1.165) is 13.1 Å². The summed E-state index contributed by atoms with van der Waals surface area (Å²) in [5.41, 5.74) is 0. The van der Waals surface area contributed by atoms with Crippen molar-refractivity contribution in [3.8, 4) is 0 Å². The Morgan fingerprint density at radius 3 is 1.86 bits per heavy atom. The van der Waals surface area contributed by atoms with Crippen molar-refractivity contribution in [1.29, 1.82) is 0 Å². The maximum Gasteiger partial charge on any atom is 0.123 e. The second-order valence-corrected chi connectivity index (χ2v) is 3.39. The number of hydrogen-bond acceptors (Lipinski definition) is 2. The van der Waals surface area contributed by atoms with Gasteiger partial charge in [-0.15, -0.1) is 0 Å². The Balaban J connectivity index is 0.000000140. The third kappa shape index (κ3) is 4.94. The monoisotopic (exact) mass is 196 g/mol. The van der Waals surface area contributed by atoms with E-state index >= 15 is 0 Å². The molecule has 0 spiro atoms. The molecule has 0 amide bonds. The van der Waals surface area contributed by atoms with E-state index in [1.807, 2.05) is 5.01 Å². The van der Waals surface area contributed by atoms with Crippen molar-refractivity contribution in [3.05, 3.63) is 36.1 Å². The molecule has 0 unspecified atom stereocenters. The summed E-state index contributed by atoms with van der Waals surface area (Å²) in [6.07, 6.45) is 3.95. The van der Waals surface area contributed by atoms with Crippen molar-refractivity contribution in [2.45, 2.75) is 19.3 Å². The fourth-order valence-corrected chi connectivity index (χ4v) is 1.33. The first kappa shape index (κ1) is 11.1. The molecule has 0 saturated carbocycles. The fourth-order valence-electron chi connectivity index (χ4n) is 1.33. The molecule has 1 aromatic rings. The van der Waals surface area contributed by atoms with Crippen LogP contribution in [0.2, 0.25) is 0 Å². The van der Waals surface area contributed by atoms with Gasteiger partial charge in [0.1, 0.15) is 5.82 Å². The topological polar surface area (TPSA) is 29.3 Å². The van der Waals surface area contributed by atoms with Gasteiger partial charge < -0.3 is 0 Å². The SMILES string of the molecule is Fc1ccccc1.NN1CCCCC1. The number of hydrogen-bond donors (Lipinski definition) is 1. The van der Waals surface area contributed by atoms with Gasteiger partial charge in [0.25, 0.3) is 0 Å². The lowest BCUT2D eigenvalue weighted by Gasteiger charge is -2.20. The lowest BCUT2D eigenvalue weighted by atomic mass is 10.2. The van der Waals surface area contributed by atoms with Gasteiger partial charge in [0.2, 0.25) is 0 Å². The van der Waals surface area contributed by atoms with Gasteiger partial charge in [0.15, 0.2) is 0 Å². The highest BCUT2D eigenvalue weighted by molar-refractivity contribution is 5.02. The Bertz CT molecular complexity index is 232. The molecule has 0 aromatic heterocycles. The third-order valence-corrected chi connectivity index (χ3v) is 2.12. The van der Waals surface area contributed by atoms with Crippen LogP contribution in [0, 0.1) is 5.82 Å². The van der Waals surface area contributed by atoms with E-state index in [-0.39, 0.29) is 5.82 Å². The summed E-state index contributed by atoms with van der Waals surface area (Å²) in [6.45, 7) is 2.19. The van der Waals surface area contributed by atoms with Gasteiger partial charge in [-0.1, -0.05) is 24.6 Å². The Labute approximate surface area is 84.5 Å². The summed E-state index contributed by atoms with van der Waals surface area (Å²) in [5, 5.41) is 1.89. The van der Waals surface area contributed by atoms with Crippen LogP contribution in [0.15, 0.2) is 30.3 Å². The minimum atomic E-state index is -0.178. The van der Waals surface area contributed by atoms with Crippen molar-refractivity contribution >= 4 is 0 Å². The zero-order chi connectivity index (χ0) is 10.2. The lowest BCUT2D eigenvalue weighted by Crippen LogP contribution is -2.35. The largest absolute Gasteiger partial charge is 0.269 e. The van der Waals surface area contributed by atoms with E-state index in [1.165, 1.54) is 31.4 Å². The Kier molecular flexibility index (Phi) is 5.19. The van der Waals surface area contributed by atoms with Crippen LogP contribution < -0.4 is 5.84 Å². The van der Waals surface area contributed by atoms with Crippen molar-refractivity contribution in [3.63, 3.8) is 0 Å². The average Bonchev–Trinajstić information content (AvgIpc) is 2.21. The molecule has 2 N–H and O–H groups in total. The van der Waals surface area contributed by atoms with E-state index in [4.69, 9.17) is 5.84 Å². The van der Waals surface area contributed by atoms with Gasteiger partial charge in [0.05, 0.1) is 0 Å². The van der Waals surface area contributed by atoms with Crippen LogP contribution >= 0.6 is 0 Å². The van der Waals surface area contributed by atoms with Gasteiger partial charge >= 0.3 is 0 Å². The molecule has 3 heteroatoms. The highest BCUT2D eigenvalue weighted by Crippen LogP contribution is 2.03. The van der Waals surface area contributed by atoms with Crippen LogP contribution in [0.3, 0.4) is 0 Å². The molecule has 1 fully saturated rings. The molecule has 0 bridgehead atoms. The first-order valence-electron chi connectivity index (χ1n) is 4.99. The minimum absolute atomic E-state index is 0.178. The Morgan fingerprint density at radius 2 is 1.57 bits per heavy atom. The van der Waals surface area contributed by atoms with Crippen LogP contribution in [-0.4, -0.2) is 18.1 Å². The van der Waals surface area contributed by atoms with Crippen molar-refractivity contribution in [2.24, 2.45) is 5.84 Å². The normalized spacial score (nSPS) is 17.0. The zero-order valence-corrected chi connectivity index (χ0v) is 8.32. The maximum absolute atomic E-state index is 11.9. The van der Waals surface area contributed by atoms with Crippen LogP contribution in [0.4, 0.5) is 4.39 Å². The third-order valence-electron chi connectivity index (χ3n) is 2.12. The van der Waals surface area contributed by atoms with E-state index in [9.17, 15) is 4.39 Å². The molecule has 14 heavy (non-hydrogen) atoms. The number of halogens is 1. The molecule has 1 aliphatic rings. The summed E-state index contributed by atoms with van der Waals surface area (Å²) in [4.78, 5) is 0. The number of nitrogens with zero attached hydrogens (tertiary/aromatic N) is 1. The Hall–Kier alpha value is -0.930. The lowest BCUT2D eigenvalue weighted by molar-refractivity contribution is 0.235. The van der Waals surface area contributed by atoms with Gasteiger partial charge in [-0.2, -0.15) is 0 Å². The van der Waals surface area contributed by atoms with Crippen molar-refractivity contribution < 1.29 is 4.39 Å².